The Morgan fingerprint density at radius 1 is 1.48 bits per heavy atom. The summed E-state index contributed by atoms with van der Waals surface area (Å²) in [7, 11) is 0. The highest BCUT2D eigenvalue weighted by Crippen LogP contribution is 2.25. The van der Waals surface area contributed by atoms with Gasteiger partial charge in [-0.3, -0.25) is 4.79 Å². The number of nitrogen functional groups attached to an aromatic ring is 1. The summed E-state index contributed by atoms with van der Waals surface area (Å²) in [5.41, 5.74) is 2.62. The fourth-order valence-electron chi connectivity index (χ4n) is 2.59. The molecule has 0 bridgehead atoms. The number of carbonyl (C=O) groups excluding carboxylic acids is 1. The van der Waals surface area contributed by atoms with Gasteiger partial charge in [-0.1, -0.05) is 6.92 Å². The Bertz CT molecular complexity index is 656. The summed E-state index contributed by atoms with van der Waals surface area (Å²) in [4.78, 5) is 23.9. The number of fused-ring (bicyclic) bond motifs is 1. The molecule has 2 aromatic heterocycles. The molecule has 3 rings (SSSR count). The summed E-state index contributed by atoms with van der Waals surface area (Å²) in [5, 5.41) is 2.88. The Balaban J connectivity index is 1.85. The molecule has 3 heterocycles. The van der Waals surface area contributed by atoms with Crippen molar-refractivity contribution in [2.75, 3.05) is 12.0 Å². The average molecular weight is 305 g/mol. The summed E-state index contributed by atoms with van der Waals surface area (Å²) >= 11 is 1.55. The zero-order valence-electron chi connectivity index (χ0n) is 12.0. The highest BCUT2D eigenvalue weighted by atomic mass is 32.1. The number of hydrazine groups is 1. The van der Waals surface area contributed by atoms with Crippen LogP contribution < -0.4 is 11.3 Å². The van der Waals surface area contributed by atoms with Crippen LogP contribution in [-0.2, 0) is 11.3 Å². The van der Waals surface area contributed by atoms with Gasteiger partial charge in [0.15, 0.2) is 11.6 Å². The molecule has 1 saturated heterocycles. The number of anilines is 1. The number of carbonyl (C=O) groups is 1. The minimum atomic E-state index is 0.191. The Morgan fingerprint density at radius 3 is 3.14 bits per heavy atom. The highest BCUT2D eigenvalue weighted by molar-refractivity contribution is 7.16. The fraction of sp³-hybridized carbons (Fsp3) is 0.500. The normalized spacial score (nSPS) is 19.8. The first-order valence-electron chi connectivity index (χ1n) is 7.16. The second-order valence-electron chi connectivity index (χ2n) is 5.52. The van der Waals surface area contributed by atoms with Crippen molar-refractivity contribution in [1.82, 2.24) is 14.9 Å². The third-order valence-corrected chi connectivity index (χ3v) is 4.74. The topological polar surface area (TPSA) is 84.1 Å². The highest BCUT2D eigenvalue weighted by Gasteiger charge is 2.21. The van der Waals surface area contributed by atoms with E-state index < -0.39 is 0 Å². The van der Waals surface area contributed by atoms with Crippen LogP contribution >= 0.6 is 11.3 Å². The number of nitrogens with two attached hydrogens (primary N) is 1. The molecule has 0 saturated carbocycles. The summed E-state index contributed by atoms with van der Waals surface area (Å²) in [6.07, 6.45) is 2.62. The smallest absolute Gasteiger partial charge is 0.222 e. The van der Waals surface area contributed by atoms with Gasteiger partial charge in [-0.05, 0) is 30.2 Å². The van der Waals surface area contributed by atoms with E-state index >= 15 is 0 Å². The number of hydrogen-bond donors (Lipinski definition) is 2. The minimum absolute atomic E-state index is 0.191. The Labute approximate surface area is 127 Å². The molecule has 21 heavy (non-hydrogen) atoms. The SMILES string of the molecule is CC1CCC(=O)N(Cc2nc(NN)c3ccsc3n2)CC1. The number of aromatic nitrogens is 2. The van der Waals surface area contributed by atoms with E-state index in [4.69, 9.17) is 5.84 Å². The predicted molar refractivity (Wildman–Crippen MR) is 83.7 cm³/mol. The van der Waals surface area contributed by atoms with Crippen LogP contribution in [0.5, 0.6) is 0 Å². The van der Waals surface area contributed by atoms with Crippen molar-refractivity contribution in [3.05, 3.63) is 17.3 Å². The molecule has 0 aliphatic carbocycles. The number of nitrogens with zero attached hydrogens (tertiary/aromatic N) is 3. The van der Waals surface area contributed by atoms with Gasteiger partial charge in [0.05, 0.1) is 11.9 Å². The van der Waals surface area contributed by atoms with E-state index in [-0.39, 0.29) is 5.91 Å². The van der Waals surface area contributed by atoms with Gasteiger partial charge in [-0.15, -0.1) is 11.3 Å². The van der Waals surface area contributed by atoms with Gasteiger partial charge in [0.25, 0.3) is 0 Å². The molecule has 112 valence electrons. The molecule has 1 amide bonds. The molecule has 2 aromatic rings. The molecule has 1 atom stereocenters. The van der Waals surface area contributed by atoms with Gasteiger partial charge in [0.1, 0.15) is 4.83 Å². The van der Waals surface area contributed by atoms with Crippen LogP contribution in [0.15, 0.2) is 11.4 Å². The third-order valence-electron chi connectivity index (χ3n) is 3.94. The number of hydrogen-bond acceptors (Lipinski definition) is 6. The van der Waals surface area contributed by atoms with Crippen LogP contribution in [0, 0.1) is 5.92 Å². The first-order valence-corrected chi connectivity index (χ1v) is 8.04. The van der Waals surface area contributed by atoms with Gasteiger partial charge < -0.3 is 10.3 Å². The molecule has 1 aliphatic heterocycles. The summed E-state index contributed by atoms with van der Waals surface area (Å²) < 4.78 is 0. The Kier molecular flexibility index (Phi) is 4.03. The van der Waals surface area contributed by atoms with Crippen molar-refractivity contribution in [2.24, 2.45) is 11.8 Å². The van der Waals surface area contributed by atoms with Crippen LogP contribution in [-0.4, -0.2) is 27.3 Å². The third kappa shape index (κ3) is 2.98. The lowest BCUT2D eigenvalue weighted by atomic mass is 10.0. The van der Waals surface area contributed by atoms with E-state index in [2.05, 4.69) is 22.3 Å². The maximum atomic E-state index is 12.2. The summed E-state index contributed by atoms with van der Waals surface area (Å²) in [6, 6.07) is 1.94. The van der Waals surface area contributed by atoms with Crippen molar-refractivity contribution < 1.29 is 4.79 Å². The molecule has 6 nitrogen and oxygen atoms in total. The molecule has 1 fully saturated rings. The van der Waals surface area contributed by atoms with Crippen molar-refractivity contribution in [3.63, 3.8) is 0 Å². The fourth-order valence-corrected chi connectivity index (χ4v) is 3.37. The first kappa shape index (κ1) is 14.2. The molecule has 3 N–H and O–H groups in total. The number of thiophene rings is 1. The monoisotopic (exact) mass is 305 g/mol. The maximum Gasteiger partial charge on any atom is 0.222 e. The Morgan fingerprint density at radius 2 is 2.33 bits per heavy atom. The van der Waals surface area contributed by atoms with Crippen LogP contribution in [0.25, 0.3) is 10.2 Å². The standard InChI is InChI=1S/C14H19N5OS/c1-9-2-3-12(20)19(6-4-9)8-11-16-13(18-15)10-5-7-21-14(10)17-11/h5,7,9H,2-4,6,8,15H2,1H3,(H,16,17,18). The van der Waals surface area contributed by atoms with Gasteiger partial charge in [0, 0.05) is 13.0 Å². The van der Waals surface area contributed by atoms with Crippen LogP contribution in [0.3, 0.4) is 0 Å². The lowest BCUT2D eigenvalue weighted by molar-refractivity contribution is -0.131. The number of amides is 1. The zero-order valence-corrected chi connectivity index (χ0v) is 12.8. The molecular formula is C14H19N5OS. The van der Waals surface area contributed by atoms with E-state index in [1.165, 1.54) is 0 Å². The molecule has 0 spiro atoms. The van der Waals surface area contributed by atoms with E-state index in [1.54, 1.807) is 11.3 Å². The molecule has 7 heteroatoms. The predicted octanol–water partition coefficient (Wildman–Crippen LogP) is 2.13. The van der Waals surface area contributed by atoms with Crippen LogP contribution in [0.1, 0.15) is 32.0 Å². The van der Waals surface area contributed by atoms with Crippen molar-refractivity contribution in [2.45, 2.75) is 32.7 Å². The second kappa shape index (κ2) is 5.95. The zero-order chi connectivity index (χ0) is 14.8. The van der Waals surface area contributed by atoms with Crippen molar-refractivity contribution in [3.8, 4) is 0 Å². The molecule has 1 unspecified atom stereocenters. The van der Waals surface area contributed by atoms with Crippen LogP contribution in [0.4, 0.5) is 5.82 Å². The number of rotatable bonds is 3. The lowest BCUT2D eigenvalue weighted by Gasteiger charge is -2.20. The van der Waals surface area contributed by atoms with Crippen LogP contribution in [0.2, 0.25) is 0 Å². The average Bonchev–Trinajstić information content (AvgIpc) is 2.90. The van der Waals surface area contributed by atoms with Gasteiger partial charge in [0.2, 0.25) is 5.91 Å². The first-order chi connectivity index (χ1) is 10.2. The number of likely N-dealkylation sites (tertiary alicyclic amines) is 1. The van der Waals surface area contributed by atoms with Crippen molar-refractivity contribution >= 4 is 33.3 Å². The minimum Gasteiger partial charge on any atom is -0.335 e. The van der Waals surface area contributed by atoms with Gasteiger partial charge >= 0.3 is 0 Å². The van der Waals surface area contributed by atoms with Crippen molar-refractivity contribution in [1.29, 1.82) is 0 Å². The van der Waals surface area contributed by atoms with E-state index in [0.29, 0.717) is 30.5 Å². The largest absolute Gasteiger partial charge is 0.335 e. The van der Waals surface area contributed by atoms with E-state index in [0.717, 1.165) is 29.6 Å². The molecule has 0 aromatic carbocycles. The quantitative estimate of drug-likeness (QED) is 0.670. The summed E-state index contributed by atoms with van der Waals surface area (Å²) in [6.45, 7) is 3.42. The van der Waals surface area contributed by atoms with E-state index in [1.807, 2.05) is 16.3 Å². The number of nitrogens with one attached hydrogen (secondary N) is 1. The van der Waals surface area contributed by atoms with E-state index in [9.17, 15) is 4.79 Å². The van der Waals surface area contributed by atoms with Gasteiger partial charge in [-0.2, -0.15) is 0 Å². The molecule has 1 aliphatic rings. The van der Waals surface area contributed by atoms with Gasteiger partial charge in [-0.25, -0.2) is 15.8 Å². The molecular weight excluding hydrogens is 286 g/mol. The second-order valence-corrected chi connectivity index (χ2v) is 6.41. The Hall–Kier alpha value is -1.73. The lowest BCUT2D eigenvalue weighted by Crippen LogP contribution is -2.30. The maximum absolute atomic E-state index is 12.2. The summed E-state index contributed by atoms with van der Waals surface area (Å²) in [5.74, 6) is 7.58. The molecule has 0 radical (unpaired) electrons.